The summed E-state index contributed by atoms with van der Waals surface area (Å²) < 4.78 is 11.0. The number of anilines is 1. The molecule has 1 aromatic heterocycles. The maximum absolute atomic E-state index is 9.53. The number of hydroxylamine groups is 2. The van der Waals surface area contributed by atoms with Crippen molar-refractivity contribution >= 4 is 17.9 Å². The molecule has 0 bridgehead atoms. The number of tetrazole rings is 1. The maximum atomic E-state index is 9.53. The van der Waals surface area contributed by atoms with Crippen molar-refractivity contribution in [3.8, 4) is 11.5 Å². The Morgan fingerprint density at radius 3 is 2.92 bits per heavy atom. The molecule has 3 N–H and O–H groups in total. The molecule has 0 amide bonds. The highest BCUT2D eigenvalue weighted by Crippen LogP contribution is 2.28. The summed E-state index contributed by atoms with van der Waals surface area (Å²) in [4.78, 5) is 5.73. The topological polar surface area (TPSA) is 146 Å². The average Bonchev–Trinajstić information content (AvgIpc) is 3.17. The van der Waals surface area contributed by atoms with Gasteiger partial charge in [-0.05, 0) is 41.1 Å². The molecule has 1 aromatic carbocycles. The van der Waals surface area contributed by atoms with Crippen LogP contribution in [0.3, 0.4) is 0 Å². The Hall–Kier alpha value is -3.25. The van der Waals surface area contributed by atoms with E-state index in [9.17, 15) is 5.21 Å². The largest absolute Gasteiger partial charge is 0.493 e. The molecule has 0 saturated heterocycles. The van der Waals surface area contributed by atoms with Crippen LogP contribution in [0.5, 0.6) is 11.5 Å². The normalized spacial score (nSPS) is 17.6. The number of ether oxygens (including phenoxy) is 2. The van der Waals surface area contributed by atoms with Crippen molar-refractivity contribution in [1.29, 1.82) is 0 Å². The quantitative estimate of drug-likeness (QED) is 0.683. The van der Waals surface area contributed by atoms with E-state index >= 15 is 0 Å². The molecule has 0 saturated carbocycles. The van der Waals surface area contributed by atoms with E-state index < -0.39 is 6.04 Å². The summed E-state index contributed by atoms with van der Waals surface area (Å²) in [6.07, 6.45) is 1.52. The molecule has 1 atom stereocenters. The van der Waals surface area contributed by atoms with Crippen LogP contribution in [0.2, 0.25) is 0 Å². The van der Waals surface area contributed by atoms with Gasteiger partial charge in [-0.3, -0.25) is 10.1 Å². The zero-order valence-corrected chi connectivity index (χ0v) is 13.5. The minimum Gasteiger partial charge on any atom is -0.493 e. The van der Waals surface area contributed by atoms with Crippen LogP contribution in [0.4, 0.5) is 5.95 Å². The fraction of sp³-hybridized carbons (Fsp3) is 0.308. The Morgan fingerprint density at radius 1 is 1.44 bits per heavy atom. The second-order valence-electron chi connectivity index (χ2n) is 5.03. The first-order chi connectivity index (χ1) is 12.1. The van der Waals surface area contributed by atoms with Crippen molar-refractivity contribution < 1.29 is 19.6 Å². The third kappa shape index (κ3) is 3.64. The van der Waals surface area contributed by atoms with Gasteiger partial charge in [-0.1, -0.05) is 15.0 Å². The highest BCUT2D eigenvalue weighted by molar-refractivity contribution is 5.87. The lowest BCUT2D eigenvalue weighted by Crippen LogP contribution is -2.36. The van der Waals surface area contributed by atoms with Crippen molar-refractivity contribution in [2.75, 3.05) is 19.5 Å². The Balaban J connectivity index is 1.70. The molecule has 3 rings (SSSR count). The molecule has 2 heterocycles. The average molecular weight is 348 g/mol. The standard InChI is InChI=1S/C13H16N8O4/c1-8-10(21(22)25-17-8)7-24-11-4-3-9(5-12(11)23-2)6-15-20-13(14)16-18-19-20/h3-6,10,22H,7H2,1-2H3,(H2,14,16,19)/b15-6+. The minimum atomic E-state index is -0.492. The fourth-order valence-corrected chi connectivity index (χ4v) is 2.01. The Kier molecular flexibility index (Phi) is 4.72. The SMILES string of the molecule is COc1cc(/C=N/n2nnnc2N)ccc1OCC1C(C)=NON1O. The fourth-order valence-electron chi connectivity index (χ4n) is 2.01. The summed E-state index contributed by atoms with van der Waals surface area (Å²) >= 11 is 0. The summed E-state index contributed by atoms with van der Waals surface area (Å²) in [5, 5.41) is 28.4. The van der Waals surface area contributed by atoms with Crippen molar-refractivity contribution in [1.82, 2.24) is 25.5 Å². The van der Waals surface area contributed by atoms with Crippen LogP contribution in [0.1, 0.15) is 12.5 Å². The Labute approximate surface area is 142 Å². The van der Waals surface area contributed by atoms with E-state index in [1.54, 1.807) is 25.1 Å². The van der Waals surface area contributed by atoms with Crippen LogP contribution in [0.25, 0.3) is 0 Å². The highest BCUT2D eigenvalue weighted by Gasteiger charge is 2.29. The van der Waals surface area contributed by atoms with Gasteiger partial charge in [-0.25, -0.2) is 0 Å². The minimum absolute atomic E-state index is 0.0764. The predicted octanol–water partition coefficient (Wildman–Crippen LogP) is -0.0942. The first-order valence-electron chi connectivity index (χ1n) is 7.17. The van der Waals surface area contributed by atoms with E-state index in [-0.39, 0.29) is 12.6 Å². The number of rotatable bonds is 6. The molecular formula is C13H16N8O4. The number of nitrogen functional groups attached to an aromatic ring is 1. The molecule has 12 nitrogen and oxygen atoms in total. The van der Waals surface area contributed by atoms with Gasteiger partial charge in [-0.15, -0.1) is 0 Å². The number of methoxy groups -OCH3 is 1. The van der Waals surface area contributed by atoms with Crippen LogP contribution in [0.15, 0.2) is 28.5 Å². The molecule has 1 unspecified atom stereocenters. The second-order valence-corrected chi connectivity index (χ2v) is 5.03. The van der Waals surface area contributed by atoms with Crippen molar-refractivity contribution in [2.24, 2.45) is 10.3 Å². The molecule has 132 valence electrons. The van der Waals surface area contributed by atoms with Gasteiger partial charge >= 0.3 is 0 Å². The molecule has 0 aliphatic carbocycles. The number of hydrogen-bond donors (Lipinski definition) is 2. The Bertz CT molecular complexity index is 805. The van der Waals surface area contributed by atoms with E-state index in [1.807, 2.05) is 0 Å². The molecule has 0 spiro atoms. The number of benzene rings is 1. The van der Waals surface area contributed by atoms with E-state index in [2.05, 4.69) is 30.7 Å². The van der Waals surface area contributed by atoms with Gasteiger partial charge in [0.25, 0.3) is 5.95 Å². The van der Waals surface area contributed by atoms with Gasteiger partial charge in [0.15, 0.2) is 17.5 Å². The smallest absolute Gasteiger partial charge is 0.263 e. The molecule has 2 aromatic rings. The van der Waals surface area contributed by atoms with Gasteiger partial charge in [0, 0.05) is 5.23 Å². The zero-order valence-electron chi connectivity index (χ0n) is 13.5. The van der Waals surface area contributed by atoms with Gasteiger partial charge in [-0.2, -0.15) is 5.10 Å². The highest BCUT2D eigenvalue weighted by atomic mass is 17.0. The molecule has 0 radical (unpaired) electrons. The van der Waals surface area contributed by atoms with Crippen LogP contribution in [0, 0.1) is 0 Å². The van der Waals surface area contributed by atoms with E-state index in [0.717, 1.165) is 10.4 Å². The lowest BCUT2D eigenvalue weighted by atomic mass is 10.2. The summed E-state index contributed by atoms with van der Waals surface area (Å²) in [6.45, 7) is 1.86. The molecule has 25 heavy (non-hydrogen) atoms. The van der Waals surface area contributed by atoms with E-state index in [4.69, 9.17) is 15.2 Å². The zero-order chi connectivity index (χ0) is 17.8. The van der Waals surface area contributed by atoms with Crippen LogP contribution >= 0.6 is 0 Å². The van der Waals surface area contributed by atoms with Gasteiger partial charge in [0.2, 0.25) is 0 Å². The lowest BCUT2D eigenvalue weighted by molar-refractivity contribution is -0.340. The van der Waals surface area contributed by atoms with Crippen LogP contribution in [-0.4, -0.2) is 62.4 Å². The summed E-state index contributed by atoms with van der Waals surface area (Å²) in [7, 11) is 1.52. The maximum Gasteiger partial charge on any atom is 0.263 e. The first kappa shape index (κ1) is 16.6. The monoisotopic (exact) mass is 348 g/mol. The van der Waals surface area contributed by atoms with Crippen LogP contribution < -0.4 is 15.2 Å². The van der Waals surface area contributed by atoms with Crippen molar-refractivity contribution in [3.63, 3.8) is 0 Å². The van der Waals surface area contributed by atoms with Gasteiger partial charge in [0.1, 0.15) is 6.61 Å². The third-order valence-corrected chi connectivity index (χ3v) is 3.39. The first-order valence-corrected chi connectivity index (χ1v) is 7.17. The predicted molar refractivity (Wildman–Crippen MR) is 85.3 cm³/mol. The van der Waals surface area contributed by atoms with E-state index in [1.165, 1.54) is 13.3 Å². The Morgan fingerprint density at radius 2 is 2.28 bits per heavy atom. The number of nitrogens with zero attached hydrogens (tertiary/aromatic N) is 7. The third-order valence-electron chi connectivity index (χ3n) is 3.39. The van der Waals surface area contributed by atoms with Gasteiger partial charge < -0.3 is 15.2 Å². The number of nitrogens with two attached hydrogens (primary N) is 1. The van der Waals surface area contributed by atoms with Crippen LogP contribution in [-0.2, 0) is 4.94 Å². The van der Waals surface area contributed by atoms with Gasteiger partial charge in [0.05, 0.1) is 19.0 Å². The van der Waals surface area contributed by atoms with Crippen molar-refractivity contribution in [3.05, 3.63) is 23.8 Å². The second kappa shape index (κ2) is 7.11. The molecule has 0 fully saturated rings. The molecule has 1 aliphatic rings. The summed E-state index contributed by atoms with van der Waals surface area (Å²) in [6, 6.07) is 4.72. The lowest BCUT2D eigenvalue weighted by Gasteiger charge is -2.16. The molecule has 12 heteroatoms. The molecular weight excluding hydrogens is 332 g/mol. The number of oxime groups is 1. The van der Waals surface area contributed by atoms with Crippen molar-refractivity contribution in [2.45, 2.75) is 13.0 Å². The number of hydrogen-bond acceptors (Lipinski definition) is 11. The number of aromatic nitrogens is 4. The molecule has 1 aliphatic heterocycles. The summed E-state index contributed by atoms with van der Waals surface area (Å²) in [5.41, 5.74) is 6.86. The van der Waals surface area contributed by atoms with E-state index in [0.29, 0.717) is 22.4 Å². The summed E-state index contributed by atoms with van der Waals surface area (Å²) in [5.74, 6) is 1.06.